The number of rotatable bonds is 5. The first kappa shape index (κ1) is 15.5. The quantitative estimate of drug-likeness (QED) is 0.523. The molecule has 118 valence electrons. The molecule has 23 heavy (non-hydrogen) atoms. The fourth-order valence-corrected chi connectivity index (χ4v) is 3.08. The summed E-state index contributed by atoms with van der Waals surface area (Å²) in [6.45, 7) is 4.80. The van der Waals surface area contributed by atoms with Gasteiger partial charge in [0.05, 0.1) is 13.5 Å². The summed E-state index contributed by atoms with van der Waals surface area (Å²) >= 11 is 0. The van der Waals surface area contributed by atoms with Gasteiger partial charge in [-0.25, -0.2) is 9.13 Å². The SMILES string of the molecule is CC(C)Cc1n(CC(=O)c2ccccc2)c2ccccc2[n+]1C. The molecular weight excluding hydrogens is 284 g/mol. The van der Waals surface area contributed by atoms with Crippen LogP contribution in [-0.2, 0) is 20.0 Å². The van der Waals surface area contributed by atoms with Crippen molar-refractivity contribution >= 4 is 16.8 Å². The molecule has 0 atom stereocenters. The number of hydrogen-bond donors (Lipinski definition) is 0. The number of ketones is 1. The van der Waals surface area contributed by atoms with Gasteiger partial charge in [-0.15, -0.1) is 0 Å². The third kappa shape index (κ3) is 3.04. The van der Waals surface area contributed by atoms with Gasteiger partial charge in [-0.2, -0.15) is 0 Å². The number of carbonyl (C=O) groups is 1. The Morgan fingerprint density at radius 3 is 2.39 bits per heavy atom. The fraction of sp³-hybridized carbons (Fsp3) is 0.300. The number of benzene rings is 2. The van der Waals surface area contributed by atoms with Crippen LogP contribution in [0, 0.1) is 5.92 Å². The van der Waals surface area contributed by atoms with Gasteiger partial charge in [0.2, 0.25) is 5.78 Å². The van der Waals surface area contributed by atoms with Crippen molar-refractivity contribution in [2.45, 2.75) is 26.8 Å². The van der Waals surface area contributed by atoms with Gasteiger partial charge in [-0.1, -0.05) is 56.3 Å². The molecule has 0 bridgehead atoms. The van der Waals surface area contributed by atoms with Crippen molar-refractivity contribution in [2.24, 2.45) is 13.0 Å². The summed E-state index contributed by atoms with van der Waals surface area (Å²) in [4.78, 5) is 12.7. The van der Waals surface area contributed by atoms with Gasteiger partial charge in [-0.3, -0.25) is 4.79 Å². The lowest BCUT2D eigenvalue weighted by atomic mass is 10.1. The molecule has 3 heteroatoms. The lowest BCUT2D eigenvalue weighted by Gasteiger charge is -2.05. The Morgan fingerprint density at radius 1 is 1.04 bits per heavy atom. The maximum absolute atomic E-state index is 12.7. The van der Waals surface area contributed by atoms with Crippen molar-refractivity contribution in [3.05, 3.63) is 66.0 Å². The maximum Gasteiger partial charge on any atom is 0.257 e. The first-order valence-electron chi connectivity index (χ1n) is 8.12. The van der Waals surface area contributed by atoms with E-state index >= 15 is 0 Å². The van der Waals surface area contributed by atoms with Crippen molar-refractivity contribution in [3.63, 3.8) is 0 Å². The van der Waals surface area contributed by atoms with Crippen molar-refractivity contribution in [3.8, 4) is 0 Å². The van der Waals surface area contributed by atoms with Crippen molar-refractivity contribution in [1.82, 2.24) is 4.57 Å². The molecule has 3 nitrogen and oxygen atoms in total. The Balaban J connectivity index is 2.06. The predicted molar refractivity (Wildman–Crippen MR) is 92.4 cm³/mol. The number of fused-ring (bicyclic) bond motifs is 1. The predicted octanol–water partition coefficient (Wildman–Crippen LogP) is 3.55. The third-order valence-corrected chi connectivity index (χ3v) is 4.22. The Labute approximate surface area is 137 Å². The van der Waals surface area contributed by atoms with Crippen LogP contribution < -0.4 is 4.57 Å². The summed E-state index contributed by atoms with van der Waals surface area (Å²) in [6, 6.07) is 17.8. The number of aryl methyl sites for hydroxylation is 1. The maximum atomic E-state index is 12.7. The van der Waals surface area contributed by atoms with E-state index in [0.29, 0.717) is 12.5 Å². The zero-order valence-corrected chi connectivity index (χ0v) is 14.0. The second kappa shape index (κ2) is 6.37. The van der Waals surface area contributed by atoms with Crippen LogP contribution in [0.5, 0.6) is 0 Å². The minimum atomic E-state index is 0.150. The van der Waals surface area contributed by atoms with Crippen LogP contribution >= 0.6 is 0 Å². The monoisotopic (exact) mass is 307 g/mol. The molecule has 0 saturated heterocycles. The average Bonchev–Trinajstić information content (AvgIpc) is 2.81. The number of hydrogen-bond acceptors (Lipinski definition) is 1. The minimum absolute atomic E-state index is 0.150. The molecule has 0 spiro atoms. The Hall–Kier alpha value is -2.42. The molecule has 0 radical (unpaired) electrons. The Kier molecular flexibility index (Phi) is 4.28. The lowest BCUT2D eigenvalue weighted by molar-refractivity contribution is -0.654. The highest BCUT2D eigenvalue weighted by atomic mass is 16.1. The van der Waals surface area contributed by atoms with E-state index < -0.39 is 0 Å². The van der Waals surface area contributed by atoms with Gasteiger partial charge in [0.25, 0.3) is 5.82 Å². The average molecular weight is 307 g/mol. The van der Waals surface area contributed by atoms with Crippen LogP contribution in [-0.4, -0.2) is 10.4 Å². The number of imidazole rings is 1. The molecule has 3 rings (SSSR count). The van der Waals surface area contributed by atoms with Crippen LogP contribution in [0.25, 0.3) is 11.0 Å². The Morgan fingerprint density at radius 2 is 1.70 bits per heavy atom. The van der Waals surface area contributed by atoms with E-state index in [2.05, 4.69) is 42.2 Å². The summed E-state index contributed by atoms with van der Waals surface area (Å²) in [5.41, 5.74) is 3.06. The summed E-state index contributed by atoms with van der Waals surface area (Å²) in [7, 11) is 2.09. The summed E-state index contributed by atoms with van der Waals surface area (Å²) in [5, 5.41) is 0. The molecule has 0 aliphatic heterocycles. The van der Waals surface area contributed by atoms with Crippen LogP contribution in [0.3, 0.4) is 0 Å². The normalized spacial score (nSPS) is 11.3. The second-order valence-corrected chi connectivity index (χ2v) is 6.44. The number of Topliss-reactive ketones (excluding diaryl/α,β-unsaturated/α-hetero) is 1. The zero-order chi connectivity index (χ0) is 16.4. The molecular formula is C20H23N2O+. The van der Waals surface area contributed by atoms with Gasteiger partial charge < -0.3 is 0 Å². The van der Waals surface area contributed by atoms with Crippen LogP contribution in [0.2, 0.25) is 0 Å². The van der Waals surface area contributed by atoms with Gasteiger partial charge in [0.1, 0.15) is 0 Å². The van der Waals surface area contributed by atoms with Gasteiger partial charge in [0.15, 0.2) is 17.6 Å². The Bertz CT molecular complexity index is 831. The molecule has 0 N–H and O–H groups in total. The molecule has 0 fully saturated rings. The molecule has 0 aliphatic rings. The zero-order valence-electron chi connectivity index (χ0n) is 14.0. The lowest BCUT2D eigenvalue weighted by Crippen LogP contribution is -2.34. The van der Waals surface area contributed by atoms with E-state index in [4.69, 9.17) is 0 Å². The smallest absolute Gasteiger partial charge is 0.257 e. The first-order chi connectivity index (χ1) is 11.1. The summed E-state index contributed by atoms with van der Waals surface area (Å²) in [6.07, 6.45) is 0.952. The highest BCUT2D eigenvalue weighted by Crippen LogP contribution is 2.17. The summed E-state index contributed by atoms with van der Waals surface area (Å²) < 4.78 is 4.39. The van der Waals surface area contributed by atoms with E-state index in [9.17, 15) is 4.79 Å². The molecule has 1 heterocycles. The number of carbonyl (C=O) groups excluding carboxylic acids is 1. The van der Waals surface area contributed by atoms with Crippen LogP contribution in [0.15, 0.2) is 54.6 Å². The second-order valence-electron chi connectivity index (χ2n) is 6.44. The number of aromatic nitrogens is 2. The van der Waals surface area contributed by atoms with Crippen molar-refractivity contribution in [2.75, 3.05) is 0 Å². The highest BCUT2D eigenvalue weighted by Gasteiger charge is 2.25. The molecule has 0 unspecified atom stereocenters. The van der Waals surface area contributed by atoms with E-state index in [1.165, 1.54) is 11.3 Å². The van der Waals surface area contributed by atoms with E-state index in [-0.39, 0.29) is 5.78 Å². The van der Waals surface area contributed by atoms with Crippen molar-refractivity contribution in [1.29, 1.82) is 0 Å². The minimum Gasteiger partial charge on any atom is -0.290 e. The van der Waals surface area contributed by atoms with E-state index in [1.54, 1.807) is 0 Å². The largest absolute Gasteiger partial charge is 0.290 e. The molecule has 3 aromatic rings. The third-order valence-electron chi connectivity index (χ3n) is 4.22. The molecule has 0 aliphatic carbocycles. The van der Waals surface area contributed by atoms with E-state index in [1.807, 2.05) is 42.5 Å². The summed E-state index contributed by atoms with van der Waals surface area (Å²) in [5.74, 6) is 1.89. The van der Waals surface area contributed by atoms with Crippen LogP contribution in [0.4, 0.5) is 0 Å². The first-order valence-corrected chi connectivity index (χ1v) is 8.12. The number of nitrogens with zero attached hydrogens (tertiary/aromatic N) is 2. The molecule has 1 aromatic heterocycles. The highest BCUT2D eigenvalue weighted by molar-refractivity contribution is 5.96. The molecule has 0 amide bonds. The molecule has 2 aromatic carbocycles. The van der Waals surface area contributed by atoms with Crippen molar-refractivity contribution < 1.29 is 9.36 Å². The van der Waals surface area contributed by atoms with Gasteiger partial charge >= 0.3 is 0 Å². The number of para-hydroxylation sites is 2. The molecule has 0 saturated carbocycles. The van der Waals surface area contributed by atoms with Gasteiger partial charge in [-0.05, 0) is 18.1 Å². The van der Waals surface area contributed by atoms with Crippen LogP contribution in [0.1, 0.15) is 30.0 Å². The topological polar surface area (TPSA) is 25.9 Å². The standard InChI is InChI=1S/C20H23N2O/c1-15(2)13-20-21(3)17-11-7-8-12-18(17)22(20)14-19(23)16-9-5-4-6-10-16/h4-12,15H,13-14H2,1-3H3/q+1. The van der Waals surface area contributed by atoms with Gasteiger partial charge in [0, 0.05) is 5.56 Å². The van der Waals surface area contributed by atoms with E-state index in [0.717, 1.165) is 17.5 Å². The fourth-order valence-electron chi connectivity index (χ4n) is 3.08.